The topological polar surface area (TPSA) is 196 Å². The smallest absolute Gasteiger partial charge is 0.326 e. The highest BCUT2D eigenvalue weighted by Gasteiger charge is 2.68. The molecule has 3 saturated carbocycles. The van der Waals surface area contributed by atoms with Crippen molar-refractivity contribution in [3.05, 3.63) is 11.6 Å². The van der Waals surface area contributed by atoms with E-state index in [1.807, 2.05) is 20.8 Å². The number of ether oxygens (including phenoxy) is 1. The van der Waals surface area contributed by atoms with Crippen molar-refractivity contribution in [3.8, 4) is 0 Å². The third-order valence-corrected chi connectivity index (χ3v) is 12.0. The summed E-state index contributed by atoms with van der Waals surface area (Å²) in [5.41, 5.74) is -1.90. The molecule has 0 radical (unpaired) electrons. The van der Waals surface area contributed by atoms with Crippen molar-refractivity contribution in [1.82, 2.24) is 10.6 Å². The van der Waals surface area contributed by atoms with Crippen molar-refractivity contribution in [2.75, 3.05) is 6.61 Å². The number of rotatable bonds is 13. The average molecular weight is 675 g/mol. The highest BCUT2D eigenvalue weighted by molar-refractivity contribution is 5.93. The first-order chi connectivity index (χ1) is 22.3. The number of aliphatic carboxylic acids is 1. The fraction of sp³-hybridized carbons (Fsp3) is 0.778. The zero-order valence-corrected chi connectivity index (χ0v) is 29.2. The fourth-order valence-corrected chi connectivity index (χ4v) is 9.44. The largest absolute Gasteiger partial charge is 0.480 e. The minimum atomic E-state index is -1.79. The van der Waals surface area contributed by atoms with E-state index >= 15 is 0 Å². The number of amides is 2. The number of hydrogen-bond acceptors (Lipinski definition) is 9. The molecular weight excluding hydrogens is 620 g/mol. The Morgan fingerprint density at radius 3 is 2.31 bits per heavy atom. The third kappa shape index (κ3) is 7.25. The van der Waals surface area contributed by atoms with Crippen LogP contribution in [-0.2, 0) is 33.5 Å². The molecular formula is C36H54N2O10. The van der Waals surface area contributed by atoms with Gasteiger partial charge in [-0.1, -0.05) is 47.1 Å². The molecule has 48 heavy (non-hydrogen) atoms. The molecule has 4 aliphatic carbocycles. The van der Waals surface area contributed by atoms with Crippen LogP contribution >= 0.6 is 0 Å². The second-order valence-corrected chi connectivity index (χ2v) is 15.9. The van der Waals surface area contributed by atoms with Crippen LogP contribution in [0.4, 0.5) is 0 Å². The molecule has 4 rings (SSSR count). The molecule has 0 saturated heterocycles. The van der Waals surface area contributed by atoms with Crippen molar-refractivity contribution in [2.24, 2.45) is 40.4 Å². The van der Waals surface area contributed by atoms with Crippen molar-refractivity contribution in [2.45, 2.75) is 130 Å². The predicted molar refractivity (Wildman–Crippen MR) is 174 cm³/mol. The highest BCUT2D eigenvalue weighted by Crippen LogP contribution is 2.67. The standard InChI is InChI=1S/C36H54N2O10/c1-19(2)15-25(33(45)46)37-32(44)31(20(3)4)38-28(42)9-10-29(43)48-18-27(41)36(47)14-12-24-23-8-7-21-16-22(39)11-13-34(21,5)30(23)26(40)17-35(24,36)6/h16,19-20,23-26,30-31,40,47H,7-15,17-18H2,1-6H3,(H,37,44)(H,38,42)(H,45,46)/t23-,24-,25+,26+,30+,31-,34-,35-,36-/m0/s1. The lowest BCUT2D eigenvalue weighted by molar-refractivity contribution is -0.184. The van der Waals surface area contributed by atoms with Crippen LogP contribution in [-0.4, -0.2) is 81.0 Å². The number of aliphatic hydroxyl groups is 2. The number of allylic oxidation sites excluding steroid dienone is 1. The zero-order valence-electron chi connectivity index (χ0n) is 29.2. The second-order valence-electron chi connectivity index (χ2n) is 15.9. The van der Waals surface area contributed by atoms with Crippen LogP contribution in [0, 0.1) is 40.4 Å². The molecule has 5 N–H and O–H groups in total. The van der Waals surface area contributed by atoms with E-state index in [2.05, 4.69) is 17.6 Å². The molecule has 268 valence electrons. The Morgan fingerprint density at radius 2 is 1.69 bits per heavy atom. The lowest BCUT2D eigenvalue weighted by atomic mass is 9.45. The maximum absolute atomic E-state index is 13.5. The number of carbonyl (C=O) groups excluding carboxylic acids is 5. The summed E-state index contributed by atoms with van der Waals surface area (Å²) in [6.07, 6.45) is 4.21. The summed E-state index contributed by atoms with van der Waals surface area (Å²) in [6, 6.07) is -2.12. The molecule has 9 atom stereocenters. The molecule has 0 heterocycles. The first-order valence-electron chi connectivity index (χ1n) is 17.5. The number of hydrogen-bond donors (Lipinski definition) is 5. The first kappa shape index (κ1) is 37.7. The third-order valence-electron chi connectivity index (χ3n) is 12.0. The zero-order chi connectivity index (χ0) is 35.8. The maximum atomic E-state index is 13.5. The van der Waals surface area contributed by atoms with Gasteiger partial charge in [0, 0.05) is 18.3 Å². The molecule has 0 aliphatic heterocycles. The molecule has 0 aromatic rings. The number of fused-ring (bicyclic) bond motifs is 5. The van der Waals surface area contributed by atoms with Gasteiger partial charge in [0.25, 0.3) is 0 Å². The van der Waals surface area contributed by atoms with Crippen LogP contribution < -0.4 is 10.6 Å². The Morgan fingerprint density at radius 1 is 1.00 bits per heavy atom. The van der Waals surface area contributed by atoms with Crippen LogP contribution in [0.2, 0.25) is 0 Å². The number of ketones is 2. The highest BCUT2D eigenvalue weighted by atomic mass is 16.5. The van der Waals surface area contributed by atoms with E-state index < -0.39 is 65.3 Å². The van der Waals surface area contributed by atoms with E-state index in [1.165, 1.54) is 0 Å². The van der Waals surface area contributed by atoms with Crippen LogP contribution in [0.1, 0.15) is 106 Å². The van der Waals surface area contributed by atoms with Gasteiger partial charge in [-0.2, -0.15) is 0 Å². The van der Waals surface area contributed by atoms with Crippen LogP contribution in [0.15, 0.2) is 11.6 Å². The summed E-state index contributed by atoms with van der Waals surface area (Å²) in [7, 11) is 0. The monoisotopic (exact) mass is 674 g/mol. The van der Waals surface area contributed by atoms with Gasteiger partial charge < -0.3 is 30.7 Å². The Bertz CT molecular complexity index is 1340. The minimum Gasteiger partial charge on any atom is -0.480 e. The van der Waals surface area contributed by atoms with Gasteiger partial charge in [-0.05, 0) is 86.0 Å². The van der Waals surface area contributed by atoms with E-state index in [9.17, 15) is 44.1 Å². The van der Waals surface area contributed by atoms with Gasteiger partial charge in [0.2, 0.25) is 17.6 Å². The molecule has 0 aromatic carbocycles. The van der Waals surface area contributed by atoms with E-state index in [4.69, 9.17) is 4.74 Å². The summed E-state index contributed by atoms with van der Waals surface area (Å²) in [4.78, 5) is 75.4. The number of esters is 1. The van der Waals surface area contributed by atoms with Crippen LogP contribution in [0.3, 0.4) is 0 Å². The predicted octanol–water partition coefficient (Wildman–Crippen LogP) is 2.87. The minimum absolute atomic E-state index is 0.0162. The van der Waals surface area contributed by atoms with Gasteiger partial charge in [-0.3, -0.25) is 24.0 Å². The quantitative estimate of drug-likeness (QED) is 0.181. The Labute approximate surface area is 282 Å². The van der Waals surface area contributed by atoms with Crippen molar-refractivity contribution >= 4 is 35.3 Å². The number of nitrogens with one attached hydrogen (secondary N) is 2. The molecule has 3 fully saturated rings. The first-order valence-corrected chi connectivity index (χ1v) is 17.5. The SMILES string of the molecule is CC(C)C[C@@H](NC(=O)[C@@H](NC(=O)CCC(=O)OCC(=O)[C@@]1(O)CC[C@H]2[C@@H]3CCC4=CC(=O)CC[C@]4(C)[C@H]3[C@H](O)C[C@@]21C)C(C)C)C(=O)O. The summed E-state index contributed by atoms with van der Waals surface area (Å²) in [5, 5.41) is 38.0. The molecule has 0 bridgehead atoms. The lowest BCUT2D eigenvalue weighted by Crippen LogP contribution is -2.62. The summed E-state index contributed by atoms with van der Waals surface area (Å²) in [6.45, 7) is 10.4. The number of carbonyl (C=O) groups is 6. The molecule has 4 aliphatic rings. The van der Waals surface area contributed by atoms with Gasteiger partial charge in [-0.25, -0.2) is 4.79 Å². The summed E-state index contributed by atoms with van der Waals surface area (Å²) < 4.78 is 5.23. The van der Waals surface area contributed by atoms with Crippen molar-refractivity contribution in [1.29, 1.82) is 0 Å². The summed E-state index contributed by atoms with van der Waals surface area (Å²) in [5.74, 6) is -4.07. The van der Waals surface area contributed by atoms with Gasteiger partial charge >= 0.3 is 11.9 Å². The average Bonchev–Trinajstić information content (AvgIpc) is 3.27. The number of carboxylic acid groups (broad SMARTS) is 1. The van der Waals surface area contributed by atoms with Gasteiger partial charge in [0.15, 0.2) is 12.4 Å². The summed E-state index contributed by atoms with van der Waals surface area (Å²) >= 11 is 0. The number of aliphatic hydroxyl groups excluding tert-OH is 1. The van der Waals surface area contributed by atoms with E-state index in [1.54, 1.807) is 19.9 Å². The molecule has 12 heteroatoms. The fourth-order valence-electron chi connectivity index (χ4n) is 9.44. The van der Waals surface area contributed by atoms with Crippen LogP contribution in [0.25, 0.3) is 0 Å². The lowest BCUT2D eigenvalue weighted by Gasteiger charge is -2.60. The molecule has 12 nitrogen and oxygen atoms in total. The molecule has 0 aromatic heterocycles. The van der Waals surface area contributed by atoms with Gasteiger partial charge in [0.05, 0.1) is 12.5 Å². The Hall–Kier alpha value is -3.12. The normalized spacial score (nSPS) is 33.9. The molecule has 0 unspecified atom stereocenters. The molecule has 0 spiro atoms. The van der Waals surface area contributed by atoms with Crippen molar-refractivity contribution in [3.63, 3.8) is 0 Å². The number of carboxylic acids is 1. The maximum Gasteiger partial charge on any atom is 0.326 e. The van der Waals surface area contributed by atoms with Gasteiger partial charge in [0.1, 0.15) is 17.7 Å². The van der Waals surface area contributed by atoms with Gasteiger partial charge in [-0.15, -0.1) is 0 Å². The van der Waals surface area contributed by atoms with E-state index in [-0.39, 0.29) is 72.9 Å². The van der Waals surface area contributed by atoms with E-state index in [0.29, 0.717) is 19.3 Å². The van der Waals surface area contributed by atoms with Crippen LogP contribution in [0.5, 0.6) is 0 Å². The van der Waals surface area contributed by atoms with E-state index in [0.717, 1.165) is 18.4 Å². The van der Waals surface area contributed by atoms with Crippen molar-refractivity contribution < 1.29 is 48.8 Å². The molecule has 2 amide bonds. The number of Topliss-reactive ketones (excluding diaryl/α,β-unsaturated/α-hetero) is 1. The Balaban J connectivity index is 1.32. The Kier molecular flexibility index (Phi) is 11.3. The second kappa shape index (κ2) is 14.4.